The Bertz CT molecular complexity index is 947. The number of hydrogen-bond donors (Lipinski definition) is 3. The smallest absolute Gasteiger partial charge is 0.272 e. The van der Waals surface area contributed by atoms with E-state index in [0.29, 0.717) is 22.6 Å². The molecule has 0 spiro atoms. The van der Waals surface area contributed by atoms with Gasteiger partial charge in [-0.3, -0.25) is 9.59 Å². The first kappa shape index (κ1) is 16.8. The largest absolute Gasteiger partial charge is 0.399 e. The molecule has 5 heteroatoms. The number of carbonyl (C=O) groups is 2. The zero-order chi connectivity index (χ0) is 18.2. The van der Waals surface area contributed by atoms with Gasteiger partial charge < -0.3 is 16.0 Å². The minimum Gasteiger partial charge on any atom is -0.399 e. The van der Waals surface area contributed by atoms with Gasteiger partial charge in [-0.15, -0.1) is 0 Å². The molecule has 0 atom stereocenters. The number of H-pyrrole nitrogens is 1. The Labute approximate surface area is 146 Å². The fourth-order valence-electron chi connectivity index (χ4n) is 2.59. The number of rotatable bonds is 3. The van der Waals surface area contributed by atoms with Crippen molar-refractivity contribution in [1.29, 1.82) is 0 Å². The third-order valence-corrected chi connectivity index (χ3v) is 3.98. The first-order valence-electron chi connectivity index (χ1n) is 8.08. The van der Waals surface area contributed by atoms with Crippen LogP contribution in [-0.2, 0) is 0 Å². The highest BCUT2D eigenvalue weighted by atomic mass is 16.2. The van der Waals surface area contributed by atoms with E-state index in [1.54, 1.807) is 36.4 Å². The minimum atomic E-state index is -0.445. The summed E-state index contributed by atoms with van der Waals surface area (Å²) in [6.45, 7) is 5.67. The Morgan fingerprint density at radius 1 is 1.00 bits per heavy atom. The number of aromatic amines is 1. The summed E-state index contributed by atoms with van der Waals surface area (Å²) in [6, 6.07) is 14.1. The Balaban J connectivity index is 1.86. The van der Waals surface area contributed by atoms with Gasteiger partial charge >= 0.3 is 0 Å². The number of ketones is 1. The molecule has 128 valence electrons. The van der Waals surface area contributed by atoms with E-state index in [1.165, 1.54) is 0 Å². The van der Waals surface area contributed by atoms with Crippen molar-refractivity contribution in [3.05, 3.63) is 59.8 Å². The molecule has 3 rings (SSSR count). The molecule has 25 heavy (non-hydrogen) atoms. The number of amides is 1. The van der Waals surface area contributed by atoms with Gasteiger partial charge in [0.1, 0.15) is 5.69 Å². The standard InChI is InChI=1S/C20H21N3O2/c1-20(2,3)18(24)12-4-9-16-13(10-12)11-17(23-16)19(25)22-15-7-5-14(21)6-8-15/h4-11,23H,21H2,1-3H3,(H,22,25). The molecule has 0 aliphatic rings. The molecule has 4 N–H and O–H groups in total. The molecule has 0 saturated carbocycles. The van der Waals surface area contributed by atoms with Gasteiger partial charge in [0, 0.05) is 33.3 Å². The van der Waals surface area contributed by atoms with Gasteiger partial charge in [0.15, 0.2) is 5.78 Å². The summed E-state index contributed by atoms with van der Waals surface area (Å²) < 4.78 is 0. The van der Waals surface area contributed by atoms with Crippen LogP contribution < -0.4 is 11.1 Å². The molecule has 0 fully saturated rings. The number of benzene rings is 2. The van der Waals surface area contributed by atoms with E-state index in [4.69, 9.17) is 5.73 Å². The molecule has 0 aliphatic heterocycles. The summed E-state index contributed by atoms with van der Waals surface area (Å²) >= 11 is 0. The summed E-state index contributed by atoms with van der Waals surface area (Å²) in [5.41, 5.74) is 8.40. The van der Waals surface area contributed by atoms with Crippen molar-refractivity contribution in [1.82, 2.24) is 4.98 Å². The normalized spacial score (nSPS) is 11.5. The zero-order valence-electron chi connectivity index (χ0n) is 14.5. The van der Waals surface area contributed by atoms with Crippen LogP contribution in [0.1, 0.15) is 41.6 Å². The molecule has 1 amide bonds. The molecule has 2 aromatic carbocycles. The lowest BCUT2D eigenvalue weighted by molar-refractivity contribution is 0.0858. The summed E-state index contributed by atoms with van der Waals surface area (Å²) in [5.74, 6) is -0.173. The van der Waals surface area contributed by atoms with E-state index in [9.17, 15) is 9.59 Å². The first-order valence-corrected chi connectivity index (χ1v) is 8.08. The predicted octanol–water partition coefficient (Wildman–Crippen LogP) is 4.23. The topological polar surface area (TPSA) is 88.0 Å². The number of anilines is 2. The SMILES string of the molecule is CC(C)(C)C(=O)c1ccc2[nH]c(C(=O)Nc3ccc(N)cc3)cc2c1. The third-order valence-electron chi connectivity index (χ3n) is 3.98. The van der Waals surface area contributed by atoms with Crippen LogP contribution in [0.25, 0.3) is 10.9 Å². The number of nitrogens with one attached hydrogen (secondary N) is 2. The van der Waals surface area contributed by atoms with Gasteiger partial charge in [-0.1, -0.05) is 20.8 Å². The van der Waals surface area contributed by atoms with Gasteiger partial charge in [0.05, 0.1) is 0 Å². The van der Waals surface area contributed by atoms with E-state index in [-0.39, 0.29) is 11.7 Å². The highest BCUT2D eigenvalue weighted by Crippen LogP contribution is 2.24. The van der Waals surface area contributed by atoms with Gasteiger partial charge in [0.2, 0.25) is 0 Å². The second-order valence-electron chi connectivity index (χ2n) is 7.14. The molecular formula is C20H21N3O2. The molecule has 1 heterocycles. The number of fused-ring (bicyclic) bond motifs is 1. The Kier molecular flexibility index (Phi) is 4.08. The van der Waals surface area contributed by atoms with E-state index in [1.807, 2.05) is 32.9 Å². The van der Waals surface area contributed by atoms with Gasteiger partial charge in [0.25, 0.3) is 5.91 Å². The molecule has 0 unspecified atom stereocenters. The summed E-state index contributed by atoms with van der Waals surface area (Å²) in [7, 11) is 0. The lowest BCUT2D eigenvalue weighted by Crippen LogP contribution is -2.19. The third kappa shape index (κ3) is 3.55. The number of nitrogen functional groups attached to an aromatic ring is 1. The van der Waals surface area contributed by atoms with Gasteiger partial charge in [-0.25, -0.2) is 0 Å². The van der Waals surface area contributed by atoms with Crippen LogP contribution in [0.2, 0.25) is 0 Å². The maximum absolute atomic E-state index is 12.4. The van der Waals surface area contributed by atoms with Crippen molar-refractivity contribution in [2.75, 3.05) is 11.1 Å². The second kappa shape index (κ2) is 6.09. The van der Waals surface area contributed by atoms with Crippen LogP contribution in [0.5, 0.6) is 0 Å². The highest BCUT2D eigenvalue weighted by Gasteiger charge is 2.23. The molecule has 0 bridgehead atoms. The molecule has 0 saturated heterocycles. The second-order valence-corrected chi connectivity index (χ2v) is 7.14. The van der Waals surface area contributed by atoms with Crippen LogP contribution in [-0.4, -0.2) is 16.7 Å². The van der Waals surface area contributed by atoms with Crippen molar-refractivity contribution in [3.8, 4) is 0 Å². The molecule has 0 aliphatic carbocycles. The van der Waals surface area contributed by atoms with E-state index >= 15 is 0 Å². The van der Waals surface area contributed by atoms with Crippen LogP contribution in [0, 0.1) is 5.41 Å². The fraction of sp³-hybridized carbons (Fsp3) is 0.200. The van der Waals surface area contributed by atoms with E-state index < -0.39 is 5.41 Å². The molecule has 1 aromatic heterocycles. The number of hydrogen-bond acceptors (Lipinski definition) is 3. The maximum atomic E-state index is 12.4. The average Bonchev–Trinajstić information content (AvgIpc) is 2.98. The minimum absolute atomic E-state index is 0.0727. The van der Waals surface area contributed by atoms with Crippen LogP contribution in [0.3, 0.4) is 0 Å². The summed E-state index contributed by atoms with van der Waals surface area (Å²) in [6.07, 6.45) is 0. The van der Waals surface area contributed by atoms with Crippen LogP contribution in [0.15, 0.2) is 48.5 Å². The first-order chi connectivity index (χ1) is 11.7. The monoisotopic (exact) mass is 335 g/mol. The van der Waals surface area contributed by atoms with Crippen molar-refractivity contribution in [2.45, 2.75) is 20.8 Å². The average molecular weight is 335 g/mol. The van der Waals surface area contributed by atoms with Crippen LogP contribution >= 0.6 is 0 Å². The van der Waals surface area contributed by atoms with Crippen LogP contribution in [0.4, 0.5) is 11.4 Å². The number of aromatic nitrogens is 1. The lowest BCUT2D eigenvalue weighted by atomic mass is 9.86. The predicted molar refractivity (Wildman–Crippen MR) is 101 cm³/mol. The number of carbonyl (C=O) groups excluding carboxylic acids is 2. The molecule has 0 radical (unpaired) electrons. The number of nitrogens with two attached hydrogens (primary N) is 1. The van der Waals surface area contributed by atoms with Gasteiger partial charge in [-0.2, -0.15) is 0 Å². The fourth-order valence-corrected chi connectivity index (χ4v) is 2.59. The van der Waals surface area contributed by atoms with E-state index in [2.05, 4.69) is 10.3 Å². The maximum Gasteiger partial charge on any atom is 0.272 e. The van der Waals surface area contributed by atoms with Gasteiger partial charge in [-0.05, 0) is 48.5 Å². The quantitative estimate of drug-likeness (QED) is 0.494. The highest BCUT2D eigenvalue weighted by molar-refractivity contribution is 6.07. The lowest BCUT2D eigenvalue weighted by Gasteiger charge is -2.16. The zero-order valence-corrected chi connectivity index (χ0v) is 14.5. The summed E-state index contributed by atoms with van der Waals surface area (Å²) in [5, 5.41) is 3.65. The van der Waals surface area contributed by atoms with Crippen molar-refractivity contribution in [3.63, 3.8) is 0 Å². The summed E-state index contributed by atoms with van der Waals surface area (Å²) in [4.78, 5) is 27.9. The Hall–Kier alpha value is -3.08. The van der Waals surface area contributed by atoms with Crippen molar-refractivity contribution >= 4 is 34.0 Å². The van der Waals surface area contributed by atoms with Crippen molar-refractivity contribution < 1.29 is 9.59 Å². The molecule has 3 aromatic rings. The Morgan fingerprint density at radius 2 is 1.68 bits per heavy atom. The number of Topliss-reactive ketones (excluding diaryl/α,β-unsaturated/α-hetero) is 1. The molecule has 5 nitrogen and oxygen atoms in total. The van der Waals surface area contributed by atoms with Crippen molar-refractivity contribution in [2.24, 2.45) is 5.41 Å². The van der Waals surface area contributed by atoms with E-state index in [0.717, 1.165) is 10.9 Å². The molecular weight excluding hydrogens is 314 g/mol. The Morgan fingerprint density at radius 3 is 2.32 bits per heavy atom.